The van der Waals surface area contributed by atoms with E-state index in [1.165, 1.54) is 4.88 Å². The Morgan fingerprint density at radius 2 is 2.36 bits per heavy atom. The molecule has 1 aliphatic rings. The van der Waals surface area contributed by atoms with E-state index in [0.717, 1.165) is 55.5 Å². The minimum Gasteiger partial charge on any atom is -0.379 e. The van der Waals surface area contributed by atoms with E-state index in [4.69, 9.17) is 9.47 Å². The highest BCUT2D eigenvalue weighted by atomic mass is 127. The molecule has 0 amide bonds. The molecule has 22 heavy (non-hydrogen) atoms. The zero-order chi connectivity index (χ0) is 14.9. The topological polar surface area (TPSA) is 54.9 Å². The first-order valence-electron chi connectivity index (χ1n) is 7.16. The molecule has 2 N–H and O–H groups in total. The van der Waals surface area contributed by atoms with Crippen LogP contribution in [0, 0.1) is 0 Å². The molecule has 0 aliphatic carbocycles. The average Bonchev–Trinajstić information content (AvgIpc) is 3.13. The third-order valence-corrected chi connectivity index (χ3v) is 4.76. The summed E-state index contributed by atoms with van der Waals surface area (Å²) in [5.74, 6) is 0.823. The van der Waals surface area contributed by atoms with Crippen molar-refractivity contribution in [3.05, 3.63) is 20.8 Å². The molecule has 2 rings (SSSR count). The van der Waals surface area contributed by atoms with Crippen LogP contribution in [-0.4, -0.2) is 45.5 Å². The van der Waals surface area contributed by atoms with E-state index in [0.29, 0.717) is 6.10 Å². The smallest absolute Gasteiger partial charge is 0.191 e. The second-order valence-corrected chi connectivity index (χ2v) is 7.32. The molecule has 1 unspecified atom stereocenters. The average molecular weight is 504 g/mol. The third-order valence-electron chi connectivity index (χ3n) is 3.14. The molecule has 1 aromatic heterocycles. The maximum Gasteiger partial charge on any atom is 0.191 e. The first kappa shape index (κ1) is 20.1. The van der Waals surface area contributed by atoms with Gasteiger partial charge in [-0.2, -0.15) is 0 Å². The first-order valence-corrected chi connectivity index (χ1v) is 8.77. The molecule has 8 heteroatoms. The van der Waals surface area contributed by atoms with Crippen LogP contribution in [0.2, 0.25) is 0 Å². The maximum atomic E-state index is 5.72. The van der Waals surface area contributed by atoms with Crippen molar-refractivity contribution in [2.24, 2.45) is 4.99 Å². The van der Waals surface area contributed by atoms with Gasteiger partial charge < -0.3 is 20.1 Å². The molecule has 0 saturated carbocycles. The van der Waals surface area contributed by atoms with E-state index in [1.807, 2.05) is 0 Å². The lowest BCUT2D eigenvalue weighted by Crippen LogP contribution is -2.37. The number of hydrogen-bond donors (Lipinski definition) is 2. The number of rotatable bonds is 7. The van der Waals surface area contributed by atoms with Crippen LogP contribution in [0.25, 0.3) is 0 Å². The van der Waals surface area contributed by atoms with Gasteiger partial charge in [-0.3, -0.25) is 4.99 Å². The van der Waals surface area contributed by atoms with Crippen LogP contribution in [0.3, 0.4) is 0 Å². The van der Waals surface area contributed by atoms with E-state index >= 15 is 0 Å². The van der Waals surface area contributed by atoms with Crippen LogP contribution in [0.15, 0.2) is 20.9 Å². The molecular weight excluding hydrogens is 481 g/mol. The van der Waals surface area contributed by atoms with Crippen LogP contribution in [0.5, 0.6) is 0 Å². The molecule has 5 nitrogen and oxygen atoms in total. The Morgan fingerprint density at radius 1 is 1.50 bits per heavy atom. The van der Waals surface area contributed by atoms with E-state index in [1.54, 1.807) is 18.4 Å². The molecule has 126 valence electrons. The molecule has 0 aromatic carbocycles. The third kappa shape index (κ3) is 7.58. The quantitative estimate of drug-likeness (QED) is 0.260. The first-order chi connectivity index (χ1) is 10.3. The summed E-state index contributed by atoms with van der Waals surface area (Å²) >= 11 is 5.19. The minimum absolute atomic E-state index is 0. The molecule has 1 aliphatic heterocycles. The van der Waals surface area contributed by atoms with E-state index in [-0.39, 0.29) is 24.0 Å². The van der Waals surface area contributed by atoms with Crippen LogP contribution in [0.1, 0.15) is 17.7 Å². The van der Waals surface area contributed by atoms with Crippen LogP contribution >= 0.6 is 51.2 Å². The highest BCUT2D eigenvalue weighted by Crippen LogP contribution is 2.21. The molecule has 1 aromatic rings. The van der Waals surface area contributed by atoms with Crippen LogP contribution in [-0.2, 0) is 16.0 Å². The fourth-order valence-electron chi connectivity index (χ4n) is 2.01. The van der Waals surface area contributed by atoms with Gasteiger partial charge in [0.25, 0.3) is 0 Å². The second-order valence-electron chi connectivity index (χ2n) is 4.77. The zero-order valence-electron chi connectivity index (χ0n) is 12.6. The van der Waals surface area contributed by atoms with E-state index < -0.39 is 0 Å². The summed E-state index contributed by atoms with van der Waals surface area (Å²) in [4.78, 5) is 5.48. The second kappa shape index (κ2) is 11.6. The van der Waals surface area contributed by atoms with Crippen molar-refractivity contribution in [2.45, 2.75) is 25.5 Å². The molecule has 1 fully saturated rings. The van der Waals surface area contributed by atoms with E-state index in [2.05, 4.69) is 43.7 Å². The summed E-state index contributed by atoms with van der Waals surface area (Å²) in [5.41, 5.74) is 0. The van der Waals surface area contributed by atoms with Crippen LogP contribution < -0.4 is 10.6 Å². The largest absolute Gasteiger partial charge is 0.379 e. The van der Waals surface area contributed by atoms with Gasteiger partial charge in [0, 0.05) is 31.7 Å². The van der Waals surface area contributed by atoms with Gasteiger partial charge in [-0.1, -0.05) is 0 Å². The summed E-state index contributed by atoms with van der Waals surface area (Å²) in [5, 5.41) is 6.59. The van der Waals surface area contributed by atoms with Crippen molar-refractivity contribution in [3.63, 3.8) is 0 Å². The molecule has 1 atom stereocenters. The van der Waals surface area contributed by atoms with Crippen molar-refractivity contribution in [3.8, 4) is 0 Å². The lowest BCUT2D eigenvalue weighted by Gasteiger charge is -2.12. The predicted molar refractivity (Wildman–Crippen MR) is 105 cm³/mol. The van der Waals surface area contributed by atoms with Crippen molar-refractivity contribution in [1.29, 1.82) is 0 Å². The summed E-state index contributed by atoms with van der Waals surface area (Å²) in [6, 6.07) is 4.16. The maximum absolute atomic E-state index is 5.72. The Kier molecular flexibility index (Phi) is 10.6. The summed E-state index contributed by atoms with van der Waals surface area (Å²) in [7, 11) is 1.78. The number of thiophene rings is 1. The highest BCUT2D eigenvalue weighted by molar-refractivity contribution is 14.0. The van der Waals surface area contributed by atoms with Crippen molar-refractivity contribution in [1.82, 2.24) is 10.6 Å². The standard InChI is InChI=1S/C14H22BrN3O2S.HI/c1-16-14(18-9-12-3-4-13(15)21-12)17-6-2-7-20-11-5-8-19-10-11;/h3-4,11H,2,5-10H2,1H3,(H2,16,17,18);1H. The van der Waals surface area contributed by atoms with Crippen LogP contribution in [0.4, 0.5) is 0 Å². The molecule has 1 saturated heterocycles. The summed E-state index contributed by atoms with van der Waals surface area (Å²) in [6.07, 6.45) is 2.27. The van der Waals surface area contributed by atoms with Gasteiger partial charge in [0.2, 0.25) is 0 Å². The normalized spacial score (nSPS) is 18.1. The van der Waals surface area contributed by atoms with Crippen molar-refractivity contribution < 1.29 is 9.47 Å². The molecule has 0 bridgehead atoms. The van der Waals surface area contributed by atoms with Gasteiger partial charge in [0.15, 0.2) is 5.96 Å². The lowest BCUT2D eigenvalue weighted by molar-refractivity contribution is 0.0420. The Hall–Kier alpha value is 0.1000. The minimum atomic E-state index is 0. The number of halogens is 2. The van der Waals surface area contributed by atoms with Gasteiger partial charge in [0.1, 0.15) is 0 Å². The van der Waals surface area contributed by atoms with Gasteiger partial charge in [0.05, 0.1) is 23.0 Å². The van der Waals surface area contributed by atoms with Gasteiger partial charge in [-0.05, 0) is 40.9 Å². The Morgan fingerprint density at radius 3 is 3.00 bits per heavy atom. The Balaban J connectivity index is 0.00000242. The number of nitrogens with one attached hydrogen (secondary N) is 2. The highest BCUT2D eigenvalue weighted by Gasteiger charge is 2.15. The van der Waals surface area contributed by atoms with E-state index in [9.17, 15) is 0 Å². The molecule has 2 heterocycles. The molecular formula is C14H23BrIN3O2S. The fourth-order valence-corrected chi connectivity index (χ4v) is 3.43. The van der Waals surface area contributed by atoms with Gasteiger partial charge in [-0.25, -0.2) is 0 Å². The number of aliphatic imine (C=N–C) groups is 1. The monoisotopic (exact) mass is 503 g/mol. The zero-order valence-corrected chi connectivity index (χ0v) is 17.4. The summed E-state index contributed by atoms with van der Waals surface area (Å²) < 4.78 is 12.1. The van der Waals surface area contributed by atoms with Crippen molar-refractivity contribution >= 4 is 57.2 Å². The number of nitrogens with zero attached hydrogens (tertiary/aromatic N) is 1. The Labute approximate surface area is 161 Å². The SMILES string of the molecule is CN=C(NCCCOC1CCOC1)NCc1ccc(Br)s1.I. The molecule has 0 radical (unpaired) electrons. The molecule has 0 spiro atoms. The Bertz CT molecular complexity index is 453. The lowest BCUT2D eigenvalue weighted by atomic mass is 10.3. The fraction of sp³-hybridized carbons (Fsp3) is 0.643. The van der Waals surface area contributed by atoms with Crippen molar-refractivity contribution in [2.75, 3.05) is 33.4 Å². The number of hydrogen-bond acceptors (Lipinski definition) is 4. The van der Waals surface area contributed by atoms with Gasteiger partial charge >= 0.3 is 0 Å². The number of ether oxygens (including phenoxy) is 2. The predicted octanol–water partition coefficient (Wildman–Crippen LogP) is 2.99. The number of guanidine groups is 1. The summed E-state index contributed by atoms with van der Waals surface area (Å²) in [6.45, 7) is 3.97. The van der Waals surface area contributed by atoms with Gasteiger partial charge in [-0.15, -0.1) is 35.3 Å².